The maximum atomic E-state index is 11.5. The van der Waals surface area contributed by atoms with E-state index in [0.29, 0.717) is 12.0 Å². The second-order valence-corrected chi connectivity index (χ2v) is 4.71. The van der Waals surface area contributed by atoms with E-state index in [-0.39, 0.29) is 17.4 Å². The highest BCUT2D eigenvalue weighted by Crippen LogP contribution is 2.23. The van der Waals surface area contributed by atoms with Crippen LogP contribution in [0.15, 0.2) is 23.3 Å². The number of aromatic hydroxyl groups is 2. The molecule has 110 valence electrons. The van der Waals surface area contributed by atoms with Gasteiger partial charge in [-0.15, -0.1) is 0 Å². The predicted octanol–water partition coefficient (Wildman–Crippen LogP) is 2.91. The highest BCUT2D eigenvalue weighted by molar-refractivity contribution is 5.83. The maximum Gasteiger partial charge on any atom is 0.240 e. The quantitative estimate of drug-likeness (QED) is 0.296. The van der Waals surface area contributed by atoms with Gasteiger partial charge >= 0.3 is 0 Å². The lowest BCUT2D eigenvalue weighted by Gasteiger charge is -2.01. The molecule has 0 saturated carbocycles. The minimum Gasteiger partial charge on any atom is -0.504 e. The Morgan fingerprint density at radius 1 is 1.20 bits per heavy atom. The van der Waals surface area contributed by atoms with E-state index in [4.69, 9.17) is 5.11 Å². The van der Waals surface area contributed by atoms with E-state index in [1.54, 1.807) is 6.07 Å². The van der Waals surface area contributed by atoms with Crippen molar-refractivity contribution in [2.24, 2.45) is 5.10 Å². The van der Waals surface area contributed by atoms with Crippen molar-refractivity contribution in [3.8, 4) is 11.5 Å². The molecule has 1 aromatic rings. The molecule has 0 aliphatic rings. The van der Waals surface area contributed by atoms with Crippen molar-refractivity contribution in [2.45, 2.75) is 45.4 Å². The molecule has 1 rings (SSSR count). The molecule has 0 heterocycles. The number of unbranched alkanes of at least 4 members (excludes halogenated alkanes) is 4. The van der Waals surface area contributed by atoms with E-state index < -0.39 is 0 Å². The number of nitrogens with zero attached hydrogens (tertiary/aromatic N) is 1. The average Bonchev–Trinajstić information content (AvgIpc) is 2.42. The Morgan fingerprint density at radius 2 is 1.95 bits per heavy atom. The first-order valence-electron chi connectivity index (χ1n) is 6.97. The largest absolute Gasteiger partial charge is 0.504 e. The van der Waals surface area contributed by atoms with Crippen molar-refractivity contribution in [3.63, 3.8) is 0 Å². The molecule has 5 nitrogen and oxygen atoms in total. The summed E-state index contributed by atoms with van der Waals surface area (Å²) in [6.07, 6.45) is 7.41. The average molecular weight is 278 g/mol. The monoisotopic (exact) mass is 278 g/mol. The van der Waals surface area contributed by atoms with Gasteiger partial charge in [0.15, 0.2) is 11.5 Å². The molecule has 3 N–H and O–H groups in total. The van der Waals surface area contributed by atoms with Gasteiger partial charge in [0, 0.05) is 6.42 Å². The molecular weight excluding hydrogens is 256 g/mol. The Balaban J connectivity index is 2.26. The molecule has 0 aromatic heterocycles. The number of phenolic OH excluding ortho intramolecular Hbond substituents is 2. The molecule has 0 spiro atoms. The van der Waals surface area contributed by atoms with Crippen molar-refractivity contribution in [1.29, 1.82) is 0 Å². The molecule has 20 heavy (non-hydrogen) atoms. The first-order chi connectivity index (χ1) is 9.63. The third-order valence-corrected chi connectivity index (χ3v) is 2.91. The molecule has 0 fully saturated rings. The zero-order valence-electron chi connectivity index (χ0n) is 11.8. The highest BCUT2D eigenvalue weighted by atomic mass is 16.3. The number of carbonyl (C=O) groups excluding carboxylic acids is 1. The SMILES string of the molecule is CCCCCCCC(=O)NN=Cc1ccc(O)c(O)c1. The molecule has 1 aromatic carbocycles. The van der Waals surface area contributed by atoms with E-state index in [9.17, 15) is 9.90 Å². The van der Waals surface area contributed by atoms with Crippen molar-refractivity contribution in [1.82, 2.24) is 5.43 Å². The number of carbonyl (C=O) groups is 1. The molecule has 5 heteroatoms. The number of hydrogen-bond donors (Lipinski definition) is 3. The van der Waals surface area contributed by atoms with Crippen LogP contribution in [0.2, 0.25) is 0 Å². The summed E-state index contributed by atoms with van der Waals surface area (Å²) in [6, 6.07) is 4.33. The van der Waals surface area contributed by atoms with Gasteiger partial charge in [0.25, 0.3) is 0 Å². The first-order valence-corrected chi connectivity index (χ1v) is 6.97. The standard InChI is InChI=1S/C15H22N2O3/c1-2-3-4-5-6-7-15(20)17-16-11-12-8-9-13(18)14(19)10-12/h8-11,18-19H,2-7H2,1H3,(H,17,20). The van der Waals surface area contributed by atoms with Gasteiger partial charge < -0.3 is 10.2 Å². The fraction of sp³-hybridized carbons (Fsp3) is 0.467. The summed E-state index contributed by atoms with van der Waals surface area (Å²) >= 11 is 0. The summed E-state index contributed by atoms with van der Waals surface area (Å²) in [5.41, 5.74) is 3.04. The van der Waals surface area contributed by atoms with Crippen LogP contribution in [0.3, 0.4) is 0 Å². The van der Waals surface area contributed by atoms with Crippen molar-refractivity contribution < 1.29 is 15.0 Å². The van der Waals surface area contributed by atoms with E-state index in [2.05, 4.69) is 17.5 Å². The Kier molecular flexibility index (Phi) is 7.17. The third-order valence-electron chi connectivity index (χ3n) is 2.91. The normalized spacial score (nSPS) is 10.8. The second-order valence-electron chi connectivity index (χ2n) is 4.71. The zero-order valence-corrected chi connectivity index (χ0v) is 11.8. The number of benzene rings is 1. The van der Waals surface area contributed by atoms with Gasteiger partial charge in [-0.05, 0) is 30.2 Å². The Bertz CT molecular complexity index is 458. The number of rotatable bonds is 8. The lowest BCUT2D eigenvalue weighted by molar-refractivity contribution is -0.121. The van der Waals surface area contributed by atoms with E-state index in [1.807, 2.05) is 0 Å². The van der Waals surface area contributed by atoms with Crippen LogP contribution < -0.4 is 5.43 Å². The van der Waals surface area contributed by atoms with Crippen LogP contribution in [0.4, 0.5) is 0 Å². The van der Waals surface area contributed by atoms with Crippen LogP contribution in [-0.4, -0.2) is 22.3 Å². The molecule has 0 aliphatic carbocycles. The summed E-state index contributed by atoms with van der Waals surface area (Å²) in [5.74, 6) is -0.504. The Labute approximate surface area is 119 Å². The number of nitrogens with one attached hydrogen (secondary N) is 1. The van der Waals surface area contributed by atoms with Gasteiger partial charge in [-0.1, -0.05) is 32.6 Å². The highest BCUT2D eigenvalue weighted by Gasteiger charge is 2.00. The zero-order chi connectivity index (χ0) is 14.8. The van der Waals surface area contributed by atoms with Gasteiger partial charge in [-0.25, -0.2) is 5.43 Å². The first kappa shape index (κ1) is 16.0. The smallest absolute Gasteiger partial charge is 0.240 e. The van der Waals surface area contributed by atoms with Gasteiger partial charge in [0.05, 0.1) is 6.21 Å². The van der Waals surface area contributed by atoms with Crippen LogP contribution in [0, 0.1) is 0 Å². The summed E-state index contributed by atoms with van der Waals surface area (Å²) in [5, 5.41) is 22.3. The topological polar surface area (TPSA) is 81.9 Å². The van der Waals surface area contributed by atoms with Crippen LogP contribution in [-0.2, 0) is 4.79 Å². The number of hydrazone groups is 1. The lowest BCUT2D eigenvalue weighted by atomic mass is 10.1. The summed E-state index contributed by atoms with van der Waals surface area (Å²) in [4.78, 5) is 11.5. The van der Waals surface area contributed by atoms with E-state index >= 15 is 0 Å². The third kappa shape index (κ3) is 6.22. The van der Waals surface area contributed by atoms with Gasteiger partial charge in [0.1, 0.15) is 0 Å². The predicted molar refractivity (Wildman–Crippen MR) is 78.9 cm³/mol. The Morgan fingerprint density at radius 3 is 2.65 bits per heavy atom. The fourth-order valence-corrected chi connectivity index (χ4v) is 1.74. The van der Waals surface area contributed by atoms with Crippen LogP contribution in [0.1, 0.15) is 51.0 Å². The van der Waals surface area contributed by atoms with E-state index in [0.717, 1.165) is 12.8 Å². The van der Waals surface area contributed by atoms with Gasteiger partial charge in [-0.2, -0.15) is 5.10 Å². The maximum absolute atomic E-state index is 11.5. The Hall–Kier alpha value is -2.04. The molecule has 0 atom stereocenters. The number of hydrogen-bond acceptors (Lipinski definition) is 4. The summed E-state index contributed by atoms with van der Waals surface area (Å²) in [7, 11) is 0. The molecule has 0 saturated heterocycles. The minimum atomic E-state index is -0.212. The van der Waals surface area contributed by atoms with E-state index in [1.165, 1.54) is 37.6 Å². The fourth-order valence-electron chi connectivity index (χ4n) is 1.74. The van der Waals surface area contributed by atoms with Crippen LogP contribution >= 0.6 is 0 Å². The van der Waals surface area contributed by atoms with Crippen LogP contribution in [0.25, 0.3) is 0 Å². The summed E-state index contributed by atoms with van der Waals surface area (Å²) < 4.78 is 0. The minimum absolute atomic E-state index is 0.110. The van der Waals surface area contributed by atoms with Crippen molar-refractivity contribution in [2.75, 3.05) is 0 Å². The molecule has 0 aliphatic heterocycles. The van der Waals surface area contributed by atoms with Crippen LogP contribution in [0.5, 0.6) is 11.5 Å². The van der Waals surface area contributed by atoms with Gasteiger partial charge in [-0.3, -0.25) is 4.79 Å². The number of phenols is 2. The second kappa shape index (κ2) is 8.96. The molecule has 0 unspecified atom stereocenters. The van der Waals surface area contributed by atoms with Crippen molar-refractivity contribution >= 4 is 12.1 Å². The molecule has 0 radical (unpaired) electrons. The van der Waals surface area contributed by atoms with Crippen molar-refractivity contribution in [3.05, 3.63) is 23.8 Å². The molecule has 1 amide bonds. The number of amides is 1. The molecular formula is C15H22N2O3. The van der Waals surface area contributed by atoms with Gasteiger partial charge in [0.2, 0.25) is 5.91 Å². The lowest BCUT2D eigenvalue weighted by Crippen LogP contribution is -2.16. The molecule has 0 bridgehead atoms. The summed E-state index contributed by atoms with van der Waals surface area (Å²) in [6.45, 7) is 2.16.